The molecule has 0 radical (unpaired) electrons. The number of rotatable bonds is 2. The van der Waals surface area contributed by atoms with Gasteiger partial charge in [-0.25, -0.2) is 0 Å². The zero-order valence-corrected chi connectivity index (χ0v) is 16.6. The van der Waals surface area contributed by atoms with E-state index in [0.29, 0.717) is 5.11 Å². The third-order valence-electron chi connectivity index (χ3n) is 5.17. The zero-order chi connectivity index (χ0) is 19.8. The molecular formula is C24H18N4S. The Morgan fingerprint density at radius 2 is 1.72 bits per heavy atom. The van der Waals surface area contributed by atoms with Crippen LogP contribution >= 0.6 is 12.2 Å². The van der Waals surface area contributed by atoms with Gasteiger partial charge in [-0.2, -0.15) is 0 Å². The maximum Gasteiger partial charge on any atom is 0.177 e. The molecular weight excluding hydrogens is 376 g/mol. The maximum absolute atomic E-state index is 5.73. The minimum Gasteiger partial charge on any atom is -0.332 e. The number of nitrogens with one attached hydrogen (secondary N) is 1. The van der Waals surface area contributed by atoms with Crippen molar-refractivity contribution in [3.8, 4) is 0 Å². The lowest BCUT2D eigenvalue weighted by atomic mass is 10.1. The number of nitrogens with zero attached hydrogens (tertiary/aromatic N) is 3. The summed E-state index contributed by atoms with van der Waals surface area (Å²) < 4.78 is 0. The van der Waals surface area contributed by atoms with Crippen LogP contribution in [0.3, 0.4) is 0 Å². The highest BCUT2D eigenvalue weighted by atomic mass is 32.1. The van der Waals surface area contributed by atoms with Gasteiger partial charge < -0.3 is 10.2 Å². The predicted octanol–water partition coefficient (Wildman–Crippen LogP) is 5.77. The lowest BCUT2D eigenvalue weighted by molar-refractivity contribution is 1.28. The minimum atomic E-state index is 0.624. The lowest BCUT2D eigenvalue weighted by Gasteiger charge is -2.22. The van der Waals surface area contributed by atoms with Gasteiger partial charge >= 0.3 is 0 Å². The van der Waals surface area contributed by atoms with Crippen molar-refractivity contribution in [2.24, 2.45) is 0 Å². The van der Waals surface area contributed by atoms with Crippen molar-refractivity contribution in [1.29, 1.82) is 0 Å². The van der Waals surface area contributed by atoms with Gasteiger partial charge in [-0.05, 0) is 64.8 Å². The second kappa shape index (κ2) is 7.11. The van der Waals surface area contributed by atoms with Gasteiger partial charge in [0, 0.05) is 42.1 Å². The molecule has 140 valence electrons. The molecule has 0 bridgehead atoms. The Morgan fingerprint density at radius 3 is 2.62 bits per heavy atom. The molecule has 0 fully saturated rings. The first-order valence-electron chi connectivity index (χ1n) is 9.36. The first-order chi connectivity index (χ1) is 14.2. The van der Waals surface area contributed by atoms with E-state index in [1.807, 2.05) is 42.4 Å². The number of pyridine rings is 2. The Labute approximate surface area is 173 Å². The SMILES string of the molecule is CN(C(=S)Nc1cc2ccncc2c2ncccc12)c1ccc2ccccc2c1. The monoisotopic (exact) mass is 394 g/mol. The zero-order valence-electron chi connectivity index (χ0n) is 15.8. The number of hydrogen-bond donors (Lipinski definition) is 1. The van der Waals surface area contributed by atoms with Gasteiger partial charge in [-0.1, -0.05) is 30.3 Å². The van der Waals surface area contributed by atoms with Gasteiger partial charge in [0.2, 0.25) is 0 Å². The molecule has 0 aliphatic carbocycles. The van der Waals surface area contributed by atoms with E-state index in [1.54, 1.807) is 12.4 Å². The molecule has 0 spiro atoms. The third-order valence-corrected chi connectivity index (χ3v) is 5.55. The summed E-state index contributed by atoms with van der Waals surface area (Å²) in [5.41, 5.74) is 2.88. The average Bonchev–Trinajstić information content (AvgIpc) is 2.78. The Balaban J connectivity index is 1.53. The maximum atomic E-state index is 5.73. The van der Waals surface area contributed by atoms with Crippen molar-refractivity contribution < 1.29 is 0 Å². The molecule has 1 N–H and O–H groups in total. The molecule has 2 aromatic heterocycles. The fourth-order valence-corrected chi connectivity index (χ4v) is 3.82. The highest BCUT2D eigenvalue weighted by molar-refractivity contribution is 7.80. The second-order valence-corrected chi connectivity index (χ2v) is 7.33. The van der Waals surface area contributed by atoms with E-state index in [4.69, 9.17) is 12.2 Å². The summed E-state index contributed by atoms with van der Waals surface area (Å²) in [7, 11) is 1.98. The van der Waals surface area contributed by atoms with E-state index < -0.39 is 0 Å². The Morgan fingerprint density at radius 1 is 0.862 bits per heavy atom. The van der Waals surface area contributed by atoms with Gasteiger partial charge in [-0.3, -0.25) is 9.97 Å². The van der Waals surface area contributed by atoms with Crippen molar-refractivity contribution in [3.63, 3.8) is 0 Å². The molecule has 0 aliphatic rings. The number of thiocarbonyl (C=S) groups is 1. The lowest BCUT2D eigenvalue weighted by Crippen LogP contribution is -2.30. The molecule has 0 atom stereocenters. The third kappa shape index (κ3) is 3.15. The summed E-state index contributed by atoms with van der Waals surface area (Å²) in [6.45, 7) is 0. The van der Waals surface area contributed by atoms with Gasteiger partial charge in [0.15, 0.2) is 5.11 Å². The van der Waals surface area contributed by atoms with Crippen molar-refractivity contribution in [2.75, 3.05) is 17.3 Å². The normalized spacial score (nSPS) is 11.1. The van der Waals surface area contributed by atoms with E-state index in [1.165, 1.54) is 10.8 Å². The van der Waals surface area contributed by atoms with Gasteiger partial charge in [-0.15, -0.1) is 0 Å². The van der Waals surface area contributed by atoms with Gasteiger partial charge in [0.25, 0.3) is 0 Å². The molecule has 0 unspecified atom stereocenters. The molecule has 3 aromatic carbocycles. The van der Waals surface area contributed by atoms with Gasteiger partial charge in [0.05, 0.1) is 11.2 Å². The van der Waals surface area contributed by atoms with E-state index in [2.05, 4.69) is 57.7 Å². The van der Waals surface area contributed by atoms with Crippen LogP contribution in [0.15, 0.2) is 85.3 Å². The predicted molar refractivity (Wildman–Crippen MR) is 126 cm³/mol. The molecule has 0 amide bonds. The largest absolute Gasteiger partial charge is 0.332 e. The van der Waals surface area contributed by atoms with Crippen molar-refractivity contribution >= 4 is 61.2 Å². The van der Waals surface area contributed by atoms with Crippen molar-refractivity contribution in [1.82, 2.24) is 9.97 Å². The quantitative estimate of drug-likeness (QED) is 0.304. The number of aromatic nitrogens is 2. The fourth-order valence-electron chi connectivity index (χ4n) is 3.60. The molecule has 5 rings (SSSR count). The summed E-state index contributed by atoms with van der Waals surface area (Å²) in [5, 5.41) is 9.56. The van der Waals surface area contributed by atoms with Crippen molar-refractivity contribution in [3.05, 3.63) is 85.3 Å². The molecule has 0 saturated carbocycles. The number of anilines is 2. The van der Waals surface area contributed by atoms with E-state index >= 15 is 0 Å². The highest BCUT2D eigenvalue weighted by Gasteiger charge is 2.12. The first kappa shape index (κ1) is 17.5. The van der Waals surface area contributed by atoms with Crippen LogP contribution in [0.1, 0.15) is 0 Å². The summed E-state index contributed by atoms with van der Waals surface area (Å²) in [6, 6.07) is 22.7. The van der Waals surface area contributed by atoms with Crippen LogP contribution in [0.5, 0.6) is 0 Å². The summed E-state index contributed by atoms with van der Waals surface area (Å²) >= 11 is 5.73. The second-order valence-electron chi connectivity index (χ2n) is 6.94. The summed E-state index contributed by atoms with van der Waals surface area (Å²) in [6.07, 6.45) is 5.45. The molecule has 5 heteroatoms. The Hall–Kier alpha value is -3.57. The Bertz CT molecular complexity index is 1380. The van der Waals surface area contributed by atoms with Crippen LogP contribution in [-0.2, 0) is 0 Å². The highest BCUT2D eigenvalue weighted by Crippen LogP contribution is 2.30. The van der Waals surface area contributed by atoms with Crippen LogP contribution in [-0.4, -0.2) is 22.1 Å². The van der Waals surface area contributed by atoms with Crippen LogP contribution in [0.25, 0.3) is 32.4 Å². The first-order valence-corrected chi connectivity index (χ1v) is 9.76. The average molecular weight is 395 g/mol. The van der Waals surface area contributed by atoms with Gasteiger partial charge in [0.1, 0.15) is 0 Å². The van der Waals surface area contributed by atoms with Crippen LogP contribution in [0.4, 0.5) is 11.4 Å². The van der Waals surface area contributed by atoms with Crippen LogP contribution in [0.2, 0.25) is 0 Å². The Kier molecular flexibility index (Phi) is 4.30. The summed E-state index contributed by atoms with van der Waals surface area (Å²) in [5.74, 6) is 0. The van der Waals surface area contributed by atoms with Crippen LogP contribution in [0, 0.1) is 0 Å². The van der Waals surface area contributed by atoms with Crippen molar-refractivity contribution in [2.45, 2.75) is 0 Å². The van der Waals surface area contributed by atoms with E-state index in [-0.39, 0.29) is 0 Å². The summed E-state index contributed by atoms with van der Waals surface area (Å²) in [4.78, 5) is 10.8. The standard InChI is InChI=1S/C24H18N4S/c1-28(19-9-8-16-5-2-3-6-17(16)13-19)24(29)27-22-14-18-10-12-25-15-21(18)23-20(22)7-4-11-26-23/h2-15H,1H3,(H,27,29). The molecule has 29 heavy (non-hydrogen) atoms. The molecule has 4 nitrogen and oxygen atoms in total. The van der Waals surface area contributed by atoms with E-state index in [0.717, 1.165) is 33.1 Å². The van der Waals surface area contributed by atoms with E-state index in [9.17, 15) is 0 Å². The molecule has 5 aromatic rings. The number of fused-ring (bicyclic) bond motifs is 4. The molecule has 0 saturated heterocycles. The molecule has 2 heterocycles. The smallest absolute Gasteiger partial charge is 0.177 e. The topological polar surface area (TPSA) is 41.0 Å². The van der Waals surface area contributed by atoms with Crippen LogP contribution < -0.4 is 10.2 Å². The fraction of sp³-hybridized carbons (Fsp3) is 0.0417. The molecule has 0 aliphatic heterocycles. The minimum absolute atomic E-state index is 0.624. The number of benzene rings is 3. The number of hydrogen-bond acceptors (Lipinski definition) is 3.